The van der Waals surface area contributed by atoms with Crippen molar-refractivity contribution in [3.05, 3.63) is 109 Å². The minimum atomic E-state index is 0.172. The number of para-hydroxylation sites is 1. The zero-order valence-corrected chi connectivity index (χ0v) is 16.4. The van der Waals surface area contributed by atoms with E-state index in [1.165, 1.54) is 55.3 Å². The first-order valence-corrected chi connectivity index (χ1v) is 10.5. The predicted molar refractivity (Wildman–Crippen MR) is 128 cm³/mol. The first-order chi connectivity index (χ1) is 14.9. The lowest BCUT2D eigenvalue weighted by Gasteiger charge is -2.43. The predicted octanol–water partition coefficient (Wildman–Crippen LogP) is 5.74. The van der Waals surface area contributed by atoms with Crippen LogP contribution in [0, 0.1) is 0 Å². The molecule has 0 radical (unpaired) electrons. The van der Waals surface area contributed by atoms with E-state index in [0.717, 1.165) is 0 Å². The molecular formula is C28H18BN. The molecule has 138 valence electrons. The highest BCUT2D eigenvalue weighted by molar-refractivity contribution is 6.92. The van der Waals surface area contributed by atoms with E-state index in [1.807, 2.05) is 0 Å². The van der Waals surface area contributed by atoms with Crippen molar-refractivity contribution >= 4 is 39.9 Å². The summed E-state index contributed by atoms with van der Waals surface area (Å²) in [5.74, 6) is 0. The highest BCUT2D eigenvalue weighted by Crippen LogP contribution is 2.48. The average Bonchev–Trinajstić information content (AvgIpc) is 2.83. The molecule has 7 rings (SSSR count). The molecule has 2 heteroatoms. The summed E-state index contributed by atoms with van der Waals surface area (Å²) in [7, 11) is 0. The van der Waals surface area contributed by atoms with Crippen LogP contribution in [0.5, 0.6) is 0 Å². The molecule has 0 aromatic heterocycles. The molecule has 0 atom stereocenters. The number of hydrogen-bond donors (Lipinski definition) is 0. The molecule has 0 saturated carbocycles. The van der Waals surface area contributed by atoms with Crippen LogP contribution >= 0.6 is 0 Å². The molecule has 5 aromatic rings. The van der Waals surface area contributed by atoms with Gasteiger partial charge in [-0.2, -0.15) is 0 Å². The van der Waals surface area contributed by atoms with Gasteiger partial charge in [0, 0.05) is 27.9 Å². The normalized spacial score (nSPS) is 13.2. The van der Waals surface area contributed by atoms with Crippen LogP contribution in [0.2, 0.25) is 0 Å². The summed E-state index contributed by atoms with van der Waals surface area (Å²) in [6.45, 7) is 0.172. The van der Waals surface area contributed by atoms with E-state index in [2.05, 4.69) is 114 Å². The third-order valence-electron chi connectivity index (χ3n) is 6.65. The number of anilines is 2. The number of hydrogen-bond acceptors (Lipinski definition) is 1. The summed E-state index contributed by atoms with van der Waals surface area (Å²) in [5, 5.41) is 2.59. The van der Waals surface area contributed by atoms with E-state index >= 15 is 0 Å². The van der Waals surface area contributed by atoms with Crippen LogP contribution in [-0.4, -0.2) is 6.85 Å². The Balaban J connectivity index is 1.69. The molecule has 5 aromatic carbocycles. The largest absolute Gasteiger partial charge is 0.375 e. The molecule has 0 aliphatic carbocycles. The van der Waals surface area contributed by atoms with Crippen LogP contribution in [0.4, 0.5) is 11.4 Å². The standard InChI is InChI=1S/C28H18BN/c1-2-10-20-19(9-1)17-18-24-22-12-4-7-15-26(22)29-25-14-6-3-11-21(25)23-13-5-8-16-27(23)30(29)28(20)24/h1-18H. The van der Waals surface area contributed by atoms with Gasteiger partial charge in [0.2, 0.25) is 0 Å². The number of fused-ring (bicyclic) bond motifs is 13. The van der Waals surface area contributed by atoms with Crippen LogP contribution in [-0.2, 0) is 0 Å². The van der Waals surface area contributed by atoms with E-state index in [1.54, 1.807) is 0 Å². The molecule has 0 amide bonds. The van der Waals surface area contributed by atoms with Gasteiger partial charge in [0.25, 0.3) is 0 Å². The van der Waals surface area contributed by atoms with Crippen LogP contribution in [0.15, 0.2) is 109 Å². The van der Waals surface area contributed by atoms with Crippen molar-refractivity contribution < 1.29 is 0 Å². The molecular weight excluding hydrogens is 361 g/mol. The Hall–Kier alpha value is -3.78. The maximum atomic E-state index is 2.58. The Morgan fingerprint density at radius 3 is 1.87 bits per heavy atom. The molecule has 0 unspecified atom stereocenters. The third-order valence-corrected chi connectivity index (χ3v) is 6.65. The Morgan fingerprint density at radius 2 is 1.07 bits per heavy atom. The van der Waals surface area contributed by atoms with Crippen molar-refractivity contribution in [2.24, 2.45) is 0 Å². The SMILES string of the molecule is c1ccc2c(c1)B1c3ccccc3-c3ccc4ccccc4c3N1c1ccccc1-2. The lowest BCUT2D eigenvalue weighted by molar-refractivity contribution is 1.36. The monoisotopic (exact) mass is 379 g/mol. The topological polar surface area (TPSA) is 3.24 Å². The van der Waals surface area contributed by atoms with Crippen molar-refractivity contribution in [2.45, 2.75) is 0 Å². The Bertz CT molecular complexity index is 1470. The van der Waals surface area contributed by atoms with Crippen LogP contribution < -0.4 is 15.7 Å². The van der Waals surface area contributed by atoms with E-state index in [9.17, 15) is 0 Å². The second-order valence-corrected chi connectivity index (χ2v) is 8.15. The second kappa shape index (κ2) is 5.87. The smallest absolute Gasteiger partial charge is 0.329 e. The maximum absolute atomic E-state index is 2.58. The van der Waals surface area contributed by atoms with Gasteiger partial charge in [-0.15, -0.1) is 0 Å². The van der Waals surface area contributed by atoms with Crippen molar-refractivity contribution in [3.8, 4) is 22.3 Å². The molecule has 0 spiro atoms. The molecule has 0 fully saturated rings. The maximum Gasteiger partial charge on any atom is 0.329 e. The van der Waals surface area contributed by atoms with Gasteiger partial charge in [-0.25, -0.2) is 0 Å². The van der Waals surface area contributed by atoms with Gasteiger partial charge in [0.15, 0.2) is 0 Å². The van der Waals surface area contributed by atoms with E-state index < -0.39 is 0 Å². The van der Waals surface area contributed by atoms with E-state index in [-0.39, 0.29) is 6.85 Å². The lowest BCUT2D eigenvalue weighted by Crippen LogP contribution is -2.59. The lowest BCUT2D eigenvalue weighted by atomic mass is 9.43. The van der Waals surface area contributed by atoms with Gasteiger partial charge in [-0.1, -0.05) is 103 Å². The second-order valence-electron chi connectivity index (χ2n) is 8.15. The number of nitrogens with zero attached hydrogens (tertiary/aromatic N) is 1. The third kappa shape index (κ3) is 1.98. The van der Waals surface area contributed by atoms with Crippen LogP contribution in [0.25, 0.3) is 33.0 Å². The molecule has 0 bridgehead atoms. The van der Waals surface area contributed by atoms with Gasteiger partial charge in [0.1, 0.15) is 0 Å². The quantitative estimate of drug-likeness (QED) is 0.310. The summed E-state index contributed by atoms with van der Waals surface area (Å²) < 4.78 is 0. The molecule has 30 heavy (non-hydrogen) atoms. The van der Waals surface area contributed by atoms with Crippen molar-refractivity contribution in [1.82, 2.24) is 0 Å². The highest BCUT2D eigenvalue weighted by Gasteiger charge is 2.42. The average molecular weight is 379 g/mol. The fourth-order valence-electron chi connectivity index (χ4n) is 5.44. The number of benzene rings is 5. The van der Waals surface area contributed by atoms with E-state index in [0.29, 0.717) is 0 Å². The molecule has 1 nitrogen and oxygen atoms in total. The van der Waals surface area contributed by atoms with Crippen LogP contribution in [0.3, 0.4) is 0 Å². The van der Waals surface area contributed by atoms with Gasteiger partial charge < -0.3 is 4.81 Å². The molecule has 0 saturated heterocycles. The van der Waals surface area contributed by atoms with Crippen molar-refractivity contribution in [3.63, 3.8) is 0 Å². The summed E-state index contributed by atoms with van der Waals surface area (Å²) in [6.07, 6.45) is 0. The minimum absolute atomic E-state index is 0.172. The molecule has 0 N–H and O–H groups in total. The minimum Gasteiger partial charge on any atom is -0.375 e. The van der Waals surface area contributed by atoms with Crippen LogP contribution in [0.1, 0.15) is 0 Å². The number of rotatable bonds is 0. The van der Waals surface area contributed by atoms with Gasteiger partial charge in [-0.3, -0.25) is 0 Å². The van der Waals surface area contributed by atoms with E-state index in [4.69, 9.17) is 0 Å². The van der Waals surface area contributed by atoms with Crippen molar-refractivity contribution in [2.75, 3.05) is 4.81 Å². The first-order valence-electron chi connectivity index (χ1n) is 10.5. The van der Waals surface area contributed by atoms with Gasteiger partial charge in [0.05, 0.1) is 0 Å². The summed E-state index contributed by atoms with van der Waals surface area (Å²) in [6, 6.07) is 40.0. The first kappa shape index (κ1) is 16.1. The molecule has 2 aliphatic heterocycles. The van der Waals surface area contributed by atoms with Crippen molar-refractivity contribution in [1.29, 1.82) is 0 Å². The summed E-state index contributed by atoms with van der Waals surface area (Å²) in [5.41, 5.74) is 10.7. The Labute approximate surface area is 176 Å². The van der Waals surface area contributed by atoms with Gasteiger partial charge in [-0.05, 0) is 33.5 Å². The Morgan fingerprint density at radius 1 is 0.467 bits per heavy atom. The Kier molecular flexibility index (Phi) is 3.14. The fraction of sp³-hybridized carbons (Fsp3) is 0. The zero-order chi connectivity index (χ0) is 19.7. The molecule has 2 heterocycles. The zero-order valence-electron chi connectivity index (χ0n) is 16.4. The summed E-state index contributed by atoms with van der Waals surface area (Å²) in [4.78, 5) is 2.58. The van der Waals surface area contributed by atoms with Gasteiger partial charge >= 0.3 is 6.85 Å². The highest BCUT2D eigenvalue weighted by atomic mass is 15.1. The molecule has 2 aliphatic rings. The fourth-order valence-corrected chi connectivity index (χ4v) is 5.44. The summed E-state index contributed by atoms with van der Waals surface area (Å²) >= 11 is 0.